The third kappa shape index (κ3) is 3.97. The molecular weight excluding hydrogens is 393 g/mol. The first-order valence-corrected chi connectivity index (χ1v) is 8.68. The van der Waals surface area contributed by atoms with Crippen molar-refractivity contribution >= 4 is 29.1 Å². The average Bonchev–Trinajstić information content (AvgIpc) is 3.23. The average molecular weight is 411 g/mol. The number of anilines is 2. The lowest BCUT2D eigenvalue weighted by Gasteiger charge is -2.17. The number of rotatable bonds is 6. The van der Waals surface area contributed by atoms with Crippen LogP contribution in [-0.2, 0) is 0 Å². The minimum atomic E-state index is -0.796. The fourth-order valence-corrected chi connectivity index (χ4v) is 2.78. The maximum atomic E-state index is 13.8. The van der Waals surface area contributed by atoms with E-state index in [9.17, 15) is 18.8 Å². The number of amides is 3. The maximum Gasteiger partial charge on any atom is 0.279 e. The van der Waals surface area contributed by atoms with E-state index in [1.807, 2.05) is 0 Å². The predicted octanol–water partition coefficient (Wildman–Crippen LogP) is 2.19. The number of aromatic amines is 1. The van der Waals surface area contributed by atoms with E-state index in [-0.39, 0.29) is 22.7 Å². The van der Waals surface area contributed by atoms with Crippen LogP contribution in [0.3, 0.4) is 0 Å². The molecule has 3 amide bonds. The summed E-state index contributed by atoms with van der Waals surface area (Å²) in [7, 11) is 2.78. The number of ether oxygens (including phenoxy) is 1. The summed E-state index contributed by atoms with van der Waals surface area (Å²) in [5.41, 5.74) is 6.00. The number of hydrogen-bond donors (Lipinski definition) is 3. The lowest BCUT2D eigenvalue weighted by Crippen LogP contribution is -2.29. The van der Waals surface area contributed by atoms with Crippen molar-refractivity contribution in [3.8, 4) is 5.75 Å². The van der Waals surface area contributed by atoms with E-state index in [1.54, 1.807) is 24.3 Å². The van der Waals surface area contributed by atoms with Gasteiger partial charge in [-0.05, 0) is 36.4 Å². The molecule has 0 fully saturated rings. The zero-order valence-corrected chi connectivity index (χ0v) is 16.1. The zero-order chi connectivity index (χ0) is 21.8. The van der Waals surface area contributed by atoms with Gasteiger partial charge in [-0.3, -0.25) is 14.4 Å². The van der Waals surface area contributed by atoms with Gasteiger partial charge in [0.15, 0.2) is 17.3 Å². The van der Waals surface area contributed by atoms with E-state index in [2.05, 4.69) is 15.3 Å². The van der Waals surface area contributed by atoms with Crippen LogP contribution >= 0.6 is 0 Å². The number of para-hydroxylation sites is 1. The van der Waals surface area contributed by atoms with Gasteiger partial charge in [0.1, 0.15) is 5.69 Å². The Kier molecular flexibility index (Phi) is 5.77. The fraction of sp³-hybridized carbons (Fsp3) is 0.100. The Morgan fingerprint density at radius 2 is 1.87 bits per heavy atom. The number of aromatic nitrogens is 2. The van der Waals surface area contributed by atoms with E-state index in [4.69, 9.17) is 10.5 Å². The Hall–Kier alpha value is -4.21. The number of nitrogens with one attached hydrogen (secondary N) is 2. The Labute approximate surface area is 170 Å². The molecule has 0 atom stereocenters. The quantitative estimate of drug-likeness (QED) is 0.572. The summed E-state index contributed by atoms with van der Waals surface area (Å²) in [5, 5.41) is 2.64. The van der Waals surface area contributed by atoms with Gasteiger partial charge >= 0.3 is 0 Å². The summed E-state index contributed by atoms with van der Waals surface area (Å²) < 4.78 is 18.7. The summed E-state index contributed by atoms with van der Waals surface area (Å²) in [6.07, 6.45) is 1.21. The van der Waals surface area contributed by atoms with E-state index < -0.39 is 23.5 Å². The molecule has 0 spiro atoms. The van der Waals surface area contributed by atoms with Crippen LogP contribution in [0.4, 0.5) is 15.8 Å². The van der Waals surface area contributed by atoms with Crippen LogP contribution in [-0.4, -0.2) is 41.8 Å². The Morgan fingerprint density at radius 1 is 1.17 bits per heavy atom. The molecule has 1 heterocycles. The van der Waals surface area contributed by atoms with Crippen LogP contribution in [0.25, 0.3) is 0 Å². The number of H-pyrrole nitrogens is 1. The van der Waals surface area contributed by atoms with Gasteiger partial charge in [0, 0.05) is 18.4 Å². The lowest BCUT2D eigenvalue weighted by atomic mass is 10.1. The third-order valence-electron chi connectivity index (χ3n) is 4.32. The smallest absolute Gasteiger partial charge is 0.279 e. The molecule has 4 N–H and O–H groups in total. The molecule has 0 aliphatic rings. The van der Waals surface area contributed by atoms with Crippen molar-refractivity contribution in [3.63, 3.8) is 0 Å². The Bertz CT molecular complexity index is 1110. The highest BCUT2D eigenvalue weighted by Gasteiger charge is 2.22. The molecule has 10 heteroatoms. The number of methoxy groups -OCH3 is 1. The molecule has 9 nitrogen and oxygen atoms in total. The molecule has 0 aliphatic heterocycles. The van der Waals surface area contributed by atoms with Gasteiger partial charge < -0.3 is 25.7 Å². The molecule has 0 saturated carbocycles. The predicted molar refractivity (Wildman–Crippen MR) is 107 cm³/mol. The van der Waals surface area contributed by atoms with E-state index in [0.717, 1.165) is 0 Å². The summed E-state index contributed by atoms with van der Waals surface area (Å²) in [4.78, 5) is 44.1. The summed E-state index contributed by atoms with van der Waals surface area (Å²) in [6.45, 7) is 0. The number of hydrogen-bond acceptors (Lipinski definition) is 5. The molecule has 0 unspecified atom stereocenters. The fourth-order valence-electron chi connectivity index (χ4n) is 2.78. The van der Waals surface area contributed by atoms with Gasteiger partial charge in [0.05, 0.1) is 19.0 Å². The first-order chi connectivity index (χ1) is 14.3. The van der Waals surface area contributed by atoms with Crippen molar-refractivity contribution in [1.82, 2.24) is 9.97 Å². The molecule has 0 bridgehead atoms. The van der Waals surface area contributed by atoms with Crippen molar-refractivity contribution in [1.29, 1.82) is 0 Å². The molecule has 3 rings (SSSR count). The van der Waals surface area contributed by atoms with Gasteiger partial charge in [-0.1, -0.05) is 6.07 Å². The number of halogens is 1. The van der Waals surface area contributed by atoms with Crippen molar-refractivity contribution < 1.29 is 23.5 Å². The van der Waals surface area contributed by atoms with Crippen LogP contribution in [0.2, 0.25) is 0 Å². The number of nitrogens with zero attached hydrogens (tertiary/aromatic N) is 2. The van der Waals surface area contributed by atoms with Gasteiger partial charge in [0.25, 0.3) is 17.7 Å². The zero-order valence-electron chi connectivity index (χ0n) is 16.1. The highest BCUT2D eigenvalue weighted by Crippen LogP contribution is 2.24. The second-order valence-corrected chi connectivity index (χ2v) is 6.18. The Morgan fingerprint density at radius 3 is 2.50 bits per heavy atom. The first kappa shape index (κ1) is 20.5. The van der Waals surface area contributed by atoms with Gasteiger partial charge in [-0.25, -0.2) is 9.37 Å². The normalized spacial score (nSPS) is 10.4. The molecule has 30 heavy (non-hydrogen) atoms. The monoisotopic (exact) mass is 411 g/mol. The number of carbonyl (C=O) groups is 3. The van der Waals surface area contributed by atoms with E-state index in [0.29, 0.717) is 11.4 Å². The first-order valence-electron chi connectivity index (χ1n) is 8.68. The van der Waals surface area contributed by atoms with Crippen LogP contribution in [0.15, 0.2) is 48.8 Å². The van der Waals surface area contributed by atoms with Crippen LogP contribution in [0, 0.1) is 5.82 Å². The highest BCUT2D eigenvalue weighted by molar-refractivity contribution is 6.11. The maximum absolute atomic E-state index is 13.8. The highest BCUT2D eigenvalue weighted by atomic mass is 19.1. The standard InChI is InChI=1S/C20H18FN5O4/c1-26(20(29)16-15(18(22)27)23-10-24-16)12-8-6-11(7-9-12)25-19(28)13-4-3-5-14(21)17(13)30-2/h3-10H,1-2H3,(H2,22,27)(H,23,24)(H,25,28). The molecule has 1 aromatic heterocycles. The van der Waals surface area contributed by atoms with Crippen molar-refractivity contribution in [2.24, 2.45) is 5.73 Å². The molecular formula is C20H18FN5O4. The molecule has 3 aromatic rings. The number of benzene rings is 2. The summed E-state index contributed by atoms with van der Waals surface area (Å²) in [5.74, 6) is -2.68. The van der Waals surface area contributed by atoms with E-state index in [1.165, 1.54) is 43.6 Å². The SMILES string of the molecule is COc1c(F)cccc1C(=O)Nc1ccc(N(C)C(=O)c2nc[nH]c2C(N)=O)cc1. The van der Waals surface area contributed by atoms with Crippen LogP contribution in [0.5, 0.6) is 5.75 Å². The van der Waals surface area contributed by atoms with Gasteiger partial charge in [-0.2, -0.15) is 0 Å². The van der Waals surface area contributed by atoms with Gasteiger partial charge in [0.2, 0.25) is 0 Å². The Balaban J connectivity index is 1.76. The van der Waals surface area contributed by atoms with Crippen LogP contribution < -0.4 is 20.7 Å². The minimum absolute atomic E-state index is 0.0476. The molecule has 154 valence electrons. The third-order valence-corrected chi connectivity index (χ3v) is 4.32. The largest absolute Gasteiger partial charge is 0.493 e. The second kappa shape index (κ2) is 8.43. The van der Waals surface area contributed by atoms with Crippen LogP contribution in [0.1, 0.15) is 31.3 Å². The lowest BCUT2D eigenvalue weighted by molar-refractivity contribution is 0.0958. The minimum Gasteiger partial charge on any atom is -0.493 e. The molecule has 0 aliphatic carbocycles. The molecule has 0 saturated heterocycles. The number of nitrogens with two attached hydrogens (primary N) is 1. The summed E-state index contributed by atoms with van der Waals surface area (Å²) >= 11 is 0. The summed E-state index contributed by atoms with van der Waals surface area (Å²) in [6, 6.07) is 10.4. The number of carbonyl (C=O) groups excluding carboxylic acids is 3. The van der Waals surface area contributed by atoms with Crippen molar-refractivity contribution in [2.75, 3.05) is 24.4 Å². The van der Waals surface area contributed by atoms with Crippen molar-refractivity contribution in [2.45, 2.75) is 0 Å². The molecule has 0 radical (unpaired) electrons. The second-order valence-electron chi connectivity index (χ2n) is 6.18. The molecule has 2 aromatic carbocycles. The van der Waals surface area contributed by atoms with Crippen molar-refractivity contribution in [3.05, 3.63) is 71.6 Å². The topological polar surface area (TPSA) is 130 Å². The van der Waals surface area contributed by atoms with Gasteiger partial charge in [-0.15, -0.1) is 0 Å². The number of primary amides is 1. The van der Waals surface area contributed by atoms with E-state index >= 15 is 0 Å². The number of imidazole rings is 1.